The van der Waals surface area contributed by atoms with Crippen molar-refractivity contribution in [2.45, 2.75) is 44.0 Å². The molecule has 0 unspecified atom stereocenters. The minimum atomic E-state index is -3.68. The van der Waals surface area contributed by atoms with Crippen LogP contribution in [-0.2, 0) is 15.0 Å². The third-order valence-corrected chi connectivity index (χ3v) is 8.38. The molecule has 3 saturated heterocycles. The molecule has 28 heavy (non-hydrogen) atoms. The van der Waals surface area contributed by atoms with Crippen molar-refractivity contribution in [3.63, 3.8) is 0 Å². The lowest BCUT2D eigenvalue weighted by Crippen LogP contribution is -2.63. The maximum Gasteiger partial charge on any atom is 0.451 e. The van der Waals surface area contributed by atoms with Crippen molar-refractivity contribution in [1.29, 1.82) is 0 Å². The van der Waals surface area contributed by atoms with Gasteiger partial charge in [-0.3, -0.25) is 4.79 Å². The maximum absolute atomic E-state index is 13.1. The van der Waals surface area contributed by atoms with Crippen molar-refractivity contribution in [1.82, 2.24) is 13.9 Å². The van der Waals surface area contributed by atoms with E-state index in [1.54, 1.807) is 0 Å². The molecule has 0 bridgehead atoms. The molecule has 0 aromatic carbocycles. The van der Waals surface area contributed by atoms with E-state index in [9.17, 15) is 18.3 Å². The SMILES string of the molecule is N[C@@]1(CC(=O)O)CN(S(=O)(=O)N2CC3(CCNCC3)C2)C[C@@H]1CCCB(O)O. The highest BCUT2D eigenvalue weighted by Gasteiger charge is 2.54. The van der Waals surface area contributed by atoms with Crippen LogP contribution in [0.5, 0.6) is 0 Å². The molecule has 0 radical (unpaired) electrons. The van der Waals surface area contributed by atoms with E-state index in [0.29, 0.717) is 25.9 Å². The summed E-state index contributed by atoms with van der Waals surface area (Å²) in [4.78, 5) is 11.3. The topological polar surface area (TPSA) is 156 Å². The van der Waals surface area contributed by atoms with E-state index >= 15 is 0 Å². The van der Waals surface area contributed by atoms with Gasteiger partial charge in [-0.15, -0.1) is 0 Å². The molecular formula is C16H31BN4O6S. The largest absolute Gasteiger partial charge is 0.481 e. The highest BCUT2D eigenvalue weighted by Crippen LogP contribution is 2.42. The summed E-state index contributed by atoms with van der Waals surface area (Å²) in [6.45, 7) is 2.95. The first-order valence-corrected chi connectivity index (χ1v) is 11.3. The van der Waals surface area contributed by atoms with Gasteiger partial charge in [0, 0.05) is 37.1 Å². The minimum Gasteiger partial charge on any atom is -0.481 e. The summed E-state index contributed by atoms with van der Waals surface area (Å²) in [6, 6.07) is 0. The molecule has 0 amide bonds. The highest BCUT2D eigenvalue weighted by atomic mass is 32.2. The molecule has 1 spiro atoms. The van der Waals surface area contributed by atoms with Crippen LogP contribution in [0.25, 0.3) is 0 Å². The summed E-state index contributed by atoms with van der Waals surface area (Å²) in [5, 5.41) is 30.6. The van der Waals surface area contributed by atoms with Crippen molar-refractivity contribution in [2.24, 2.45) is 17.1 Å². The summed E-state index contributed by atoms with van der Waals surface area (Å²) >= 11 is 0. The Labute approximate surface area is 166 Å². The van der Waals surface area contributed by atoms with Crippen LogP contribution in [0.4, 0.5) is 0 Å². The van der Waals surface area contributed by atoms with Gasteiger partial charge in [0.1, 0.15) is 0 Å². The lowest BCUT2D eigenvalue weighted by atomic mass is 9.74. The molecule has 3 aliphatic heterocycles. The van der Waals surface area contributed by atoms with Gasteiger partial charge in [-0.2, -0.15) is 17.0 Å². The first kappa shape index (κ1) is 21.9. The third-order valence-electron chi connectivity index (χ3n) is 6.54. The second-order valence-corrected chi connectivity index (χ2v) is 10.7. The van der Waals surface area contributed by atoms with Gasteiger partial charge in [0.15, 0.2) is 0 Å². The van der Waals surface area contributed by atoms with Crippen molar-refractivity contribution in [3.05, 3.63) is 0 Å². The molecule has 0 aliphatic carbocycles. The predicted octanol–water partition coefficient (Wildman–Crippen LogP) is -1.73. The lowest BCUT2D eigenvalue weighted by molar-refractivity contribution is -0.138. The molecule has 0 aromatic rings. The number of aliphatic carboxylic acids is 1. The number of nitrogens with one attached hydrogen (secondary N) is 1. The number of hydrogen-bond donors (Lipinski definition) is 5. The number of nitrogens with zero attached hydrogens (tertiary/aromatic N) is 2. The zero-order valence-corrected chi connectivity index (χ0v) is 16.9. The van der Waals surface area contributed by atoms with Crippen LogP contribution in [0.3, 0.4) is 0 Å². The molecule has 3 rings (SSSR count). The standard InChI is InChI=1S/C16H31BN4O6S/c18-16(8-14(22)23)12-20(9-13(16)2-1-5-17(24)25)28(26,27)21-10-15(11-21)3-6-19-7-4-15/h13,19,24-25H,1-12,18H2,(H,22,23)/t13-,16-/m0/s1. The van der Waals surface area contributed by atoms with Crippen molar-refractivity contribution >= 4 is 23.3 Å². The van der Waals surface area contributed by atoms with Crippen LogP contribution in [0, 0.1) is 11.3 Å². The van der Waals surface area contributed by atoms with Gasteiger partial charge in [-0.05, 0) is 44.6 Å². The average Bonchev–Trinajstić information content (AvgIpc) is 2.89. The molecule has 3 aliphatic rings. The molecule has 12 heteroatoms. The van der Waals surface area contributed by atoms with Gasteiger partial charge in [-0.25, -0.2) is 0 Å². The van der Waals surface area contributed by atoms with Crippen LogP contribution >= 0.6 is 0 Å². The Morgan fingerprint density at radius 1 is 1.18 bits per heavy atom. The smallest absolute Gasteiger partial charge is 0.451 e. The molecule has 3 heterocycles. The Balaban J connectivity index is 1.66. The number of carboxylic acid groups (broad SMARTS) is 1. The number of carboxylic acids is 1. The predicted molar refractivity (Wildman–Crippen MR) is 103 cm³/mol. The molecule has 6 N–H and O–H groups in total. The number of rotatable bonds is 8. The monoisotopic (exact) mass is 418 g/mol. The molecular weight excluding hydrogens is 387 g/mol. The number of carbonyl (C=O) groups is 1. The van der Waals surface area contributed by atoms with E-state index in [4.69, 9.17) is 15.8 Å². The molecule has 3 fully saturated rings. The van der Waals surface area contributed by atoms with Crippen LogP contribution in [0.1, 0.15) is 32.1 Å². The van der Waals surface area contributed by atoms with Crippen molar-refractivity contribution in [3.8, 4) is 0 Å². The van der Waals surface area contributed by atoms with E-state index in [1.165, 1.54) is 8.61 Å². The fraction of sp³-hybridized carbons (Fsp3) is 0.938. The van der Waals surface area contributed by atoms with E-state index in [-0.39, 0.29) is 37.2 Å². The van der Waals surface area contributed by atoms with Gasteiger partial charge in [0.2, 0.25) is 0 Å². The lowest BCUT2D eigenvalue weighted by Gasteiger charge is -2.52. The van der Waals surface area contributed by atoms with Gasteiger partial charge < -0.3 is 26.2 Å². The normalized spacial score (nSPS) is 31.0. The quantitative estimate of drug-likeness (QED) is 0.291. The van der Waals surface area contributed by atoms with Crippen LogP contribution in [0.2, 0.25) is 6.32 Å². The van der Waals surface area contributed by atoms with E-state index in [1.807, 2.05) is 0 Å². The first-order valence-electron chi connectivity index (χ1n) is 9.89. The molecule has 160 valence electrons. The van der Waals surface area contributed by atoms with E-state index < -0.39 is 28.8 Å². The third kappa shape index (κ3) is 4.53. The molecule has 2 atom stereocenters. The van der Waals surface area contributed by atoms with E-state index in [0.717, 1.165) is 25.9 Å². The van der Waals surface area contributed by atoms with Gasteiger partial charge in [0.25, 0.3) is 10.2 Å². The summed E-state index contributed by atoms with van der Waals surface area (Å²) in [6.07, 6.45) is 2.64. The van der Waals surface area contributed by atoms with Gasteiger partial charge in [0.05, 0.1) is 6.42 Å². The van der Waals surface area contributed by atoms with E-state index in [2.05, 4.69) is 5.32 Å². The second kappa shape index (κ2) is 8.17. The minimum absolute atomic E-state index is 0.0287. The fourth-order valence-electron chi connectivity index (χ4n) is 4.83. The molecule has 0 aromatic heterocycles. The van der Waals surface area contributed by atoms with Crippen molar-refractivity contribution < 1.29 is 28.4 Å². The Kier molecular flexibility index (Phi) is 6.40. The number of piperidine rings is 1. The van der Waals surface area contributed by atoms with Crippen molar-refractivity contribution in [2.75, 3.05) is 39.3 Å². The van der Waals surface area contributed by atoms with Crippen LogP contribution in [-0.4, -0.2) is 90.1 Å². The Bertz CT molecular complexity index is 679. The maximum atomic E-state index is 13.1. The van der Waals surface area contributed by atoms with Gasteiger partial charge in [-0.1, -0.05) is 6.42 Å². The Morgan fingerprint density at radius 3 is 2.39 bits per heavy atom. The first-order chi connectivity index (χ1) is 13.1. The fourth-order valence-corrected chi connectivity index (χ4v) is 6.81. The number of nitrogens with two attached hydrogens (primary N) is 1. The average molecular weight is 418 g/mol. The van der Waals surface area contributed by atoms with Crippen LogP contribution < -0.4 is 11.1 Å². The van der Waals surface area contributed by atoms with Gasteiger partial charge >= 0.3 is 13.1 Å². The zero-order valence-electron chi connectivity index (χ0n) is 16.1. The zero-order chi connectivity index (χ0) is 20.6. The summed E-state index contributed by atoms with van der Waals surface area (Å²) in [7, 11) is -5.12. The highest BCUT2D eigenvalue weighted by molar-refractivity contribution is 7.86. The second-order valence-electron chi connectivity index (χ2n) is 8.73. The molecule has 0 saturated carbocycles. The molecule has 10 nitrogen and oxygen atoms in total. The Hall–Kier alpha value is -0.755. The van der Waals surface area contributed by atoms with Crippen LogP contribution in [0.15, 0.2) is 0 Å². The summed E-state index contributed by atoms with van der Waals surface area (Å²) in [5.74, 6) is -1.40. The summed E-state index contributed by atoms with van der Waals surface area (Å²) < 4.78 is 29.0. The Morgan fingerprint density at radius 2 is 1.82 bits per heavy atom. The number of hydrogen-bond acceptors (Lipinski definition) is 7. The summed E-state index contributed by atoms with van der Waals surface area (Å²) in [5.41, 5.74) is 5.27.